The summed E-state index contributed by atoms with van der Waals surface area (Å²) in [5.41, 5.74) is 2.50. The lowest BCUT2D eigenvalue weighted by Gasteiger charge is -2.13. The molecule has 0 aliphatic heterocycles. The number of nitrogens with zero attached hydrogens (tertiary/aromatic N) is 2. The number of rotatable bonds is 5. The van der Waals surface area contributed by atoms with Crippen LogP contribution in [0.4, 0.5) is 0 Å². The van der Waals surface area contributed by atoms with E-state index in [1.807, 2.05) is 18.3 Å². The molecule has 1 aliphatic rings. The number of hydrogen-bond donors (Lipinski definition) is 1. The number of pyridine rings is 1. The highest BCUT2D eigenvalue weighted by Crippen LogP contribution is 2.40. The second-order valence-electron chi connectivity index (χ2n) is 5.04. The average Bonchev–Trinajstić information content (AvgIpc) is 3.13. The molecule has 0 aromatic carbocycles. The molecule has 18 heavy (non-hydrogen) atoms. The Morgan fingerprint density at radius 2 is 2.28 bits per heavy atom. The zero-order valence-electron chi connectivity index (χ0n) is 10.7. The molecule has 1 saturated carbocycles. The summed E-state index contributed by atoms with van der Waals surface area (Å²) in [7, 11) is 2.05. The largest absolute Gasteiger partial charge is 0.348 e. The molecular weight excluding hydrogens is 222 g/mol. The summed E-state index contributed by atoms with van der Waals surface area (Å²) in [6.45, 7) is 0.849. The van der Waals surface area contributed by atoms with Crippen molar-refractivity contribution in [1.29, 1.82) is 0 Å². The van der Waals surface area contributed by atoms with Crippen LogP contribution in [0.2, 0.25) is 0 Å². The fourth-order valence-electron chi connectivity index (χ4n) is 2.52. The van der Waals surface area contributed by atoms with Crippen molar-refractivity contribution in [2.75, 3.05) is 7.05 Å². The van der Waals surface area contributed by atoms with E-state index >= 15 is 0 Å². The fourth-order valence-corrected chi connectivity index (χ4v) is 2.52. The third kappa shape index (κ3) is 2.46. The summed E-state index contributed by atoms with van der Waals surface area (Å²) >= 11 is 0. The molecular formula is C15H19N3. The summed E-state index contributed by atoms with van der Waals surface area (Å²) < 4.78 is 2.21. The minimum absolute atomic E-state index is 0.523. The highest BCUT2D eigenvalue weighted by atomic mass is 15.0. The normalized spacial score (nSPS) is 16.7. The third-order valence-electron chi connectivity index (χ3n) is 3.61. The zero-order chi connectivity index (χ0) is 12.4. The van der Waals surface area contributed by atoms with Crippen molar-refractivity contribution in [3.63, 3.8) is 0 Å². The fraction of sp³-hybridized carbons (Fsp3) is 0.400. The Morgan fingerprint density at radius 3 is 2.94 bits per heavy atom. The summed E-state index contributed by atoms with van der Waals surface area (Å²) in [4.78, 5) is 4.36. The molecule has 2 aromatic heterocycles. The number of nitrogens with one attached hydrogen (secondary N) is 1. The van der Waals surface area contributed by atoms with E-state index in [1.54, 1.807) is 0 Å². The predicted molar refractivity (Wildman–Crippen MR) is 72.3 cm³/mol. The van der Waals surface area contributed by atoms with E-state index in [9.17, 15) is 0 Å². The van der Waals surface area contributed by atoms with Gasteiger partial charge in [0.05, 0.1) is 12.2 Å². The summed E-state index contributed by atoms with van der Waals surface area (Å²) in [6.07, 6.45) is 8.96. The Kier molecular flexibility index (Phi) is 3.15. The van der Waals surface area contributed by atoms with Crippen LogP contribution in [0.1, 0.15) is 30.1 Å². The Balaban J connectivity index is 1.73. The highest BCUT2D eigenvalue weighted by Gasteiger charge is 2.31. The zero-order valence-corrected chi connectivity index (χ0v) is 10.7. The highest BCUT2D eigenvalue weighted by molar-refractivity contribution is 5.19. The Hall–Kier alpha value is -1.61. The van der Waals surface area contributed by atoms with Gasteiger partial charge >= 0.3 is 0 Å². The summed E-state index contributed by atoms with van der Waals surface area (Å²) in [5, 5.41) is 3.43. The molecule has 0 radical (unpaired) electrons. The van der Waals surface area contributed by atoms with Crippen molar-refractivity contribution < 1.29 is 0 Å². The van der Waals surface area contributed by atoms with Gasteiger partial charge in [0.25, 0.3) is 0 Å². The first-order valence-electron chi connectivity index (χ1n) is 6.59. The minimum atomic E-state index is 0.523. The first-order valence-corrected chi connectivity index (χ1v) is 6.59. The monoisotopic (exact) mass is 241 g/mol. The molecule has 1 fully saturated rings. The van der Waals surface area contributed by atoms with Crippen LogP contribution < -0.4 is 5.32 Å². The lowest BCUT2D eigenvalue weighted by Crippen LogP contribution is -2.17. The first kappa shape index (κ1) is 11.5. The van der Waals surface area contributed by atoms with Crippen LogP contribution in [0.25, 0.3) is 0 Å². The van der Waals surface area contributed by atoms with Crippen molar-refractivity contribution in [3.05, 3.63) is 54.1 Å². The van der Waals surface area contributed by atoms with Crippen molar-refractivity contribution in [3.8, 4) is 0 Å². The second-order valence-corrected chi connectivity index (χ2v) is 5.04. The van der Waals surface area contributed by atoms with Crippen LogP contribution in [0.3, 0.4) is 0 Å². The number of aromatic nitrogens is 2. The molecule has 2 heterocycles. The van der Waals surface area contributed by atoms with E-state index in [2.05, 4.69) is 46.4 Å². The lowest BCUT2D eigenvalue weighted by atomic mass is 10.1. The van der Waals surface area contributed by atoms with E-state index in [-0.39, 0.29) is 0 Å². The van der Waals surface area contributed by atoms with E-state index in [0.717, 1.165) is 18.2 Å². The molecule has 0 spiro atoms. The summed E-state index contributed by atoms with van der Waals surface area (Å²) in [5.74, 6) is 0.834. The van der Waals surface area contributed by atoms with Crippen LogP contribution in [0.5, 0.6) is 0 Å². The Morgan fingerprint density at radius 1 is 1.39 bits per heavy atom. The molecule has 1 N–H and O–H groups in total. The molecule has 1 aliphatic carbocycles. The molecule has 94 valence electrons. The van der Waals surface area contributed by atoms with Gasteiger partial charge in [-0.05, 0) is 49.6 Å². The van der Waals surface area contributed by atoms with Crippen molar-refractivity contribution in [1.82, 2.24) is 14.9 Å². The second kappa shape index (κ2) is 4.94. The SMILES string of the molecule is CNC(c1ccn(Cc2ccccn2)c1)C1CC1. The van der Waals surface area contributed by atoms with Crippen LogP contribution in [0.15, 0.2) is 42.9 Å². The third-order valence-corrected chi connectivity index (χ3v) is 3.61. The molecule has 0 amide bonds. The minimum Gasteiger partial charge on any atom is -0.348 e. The molecule has 0 saturated heterocycles. The van der Waals surface area contributed by atoms with Crippen molar-refractivity contribution in [2.24, 2.45) is 5.92 Å². The molecule has 3 nitrogen and oxygen atoms in total. The van der Waals surface area contributed by atoms with Gasteiger partial charge in [0.2, 0.25) is 0 Å². The van der Waals surface area contributed by atoms with Gasteiger partial charge in [-0.1, -0.05) is 6.07 Å². The maximum absolute atomic E-state index is 4.36. The van der Waals surface area contributed by atoms with Crippen LogP contribution in [-0.2, 0) is 6.54 Å². The van der Waals surface area contributed by atoms with Gasteiger partial charge in [-0.25, -0.2) is 0 Å². The maximum atomic E-state index is 4.36. The van der Waals surface area contributed by atoms with Crippen LogP contribution in [0, 0.1) is 5.92 Å². The lowest BCUT2D eigenvalue weighted by molar-refractivity contribution is 0.528. The predicted octanol–water partition coefficient (Wildman–Crippen LogP) is 2.60. The van der Waals surface area contributed by atoms with Crippen molar-refractivity contribution in [2.45, 2.75) is 25.4 Å². The molecule has 3 rings (SSSR count). The van der Waals surface area contributed by atoms with Gasteiger partial charge in [0.1, 0.15) is 0 Å². The molecule has 0 bridgehead atoms. The molecule has 1 atom stereocenters. The molecule has 3 heteroatoms. The topological polar surface area (TPSA) is 29.9 Å². The smallest absolute Gasteiger partial charge is 0.0642 e. The maximum Gasteiger partial charge on any atom is 0.0642 e. The van der Waals surface area contributed by atoms with E-state index in [4.69, 9.17) is 0 Å². The van der Waals surface area contributed by atoms with E-state index in [0.29, 0.717) is 6.04 Å². The standard InChI is InChI=1S/C15H19N3/c1-16-15(12-5-6-12)13-7-9-18(10-13)11-14-4-2-3-8-17-14/h2-4,7-10,12,15-16H,5-6,11H2,1H3. The van der Waals surface area contributed by atoms with Gasteiger partial charge in [0.15, 0.2) is 0 Å². The first-order chi connectivity index (χ1) is 8.86. The van der Waals surface area contributed by atoms with Crippen LogP contribution in [-0.4, -0.2) is 16.6 Å². The molecule has 1 unspecified atom stereocenters. The Labute approximate surface area is 108 Å². The number of hydrogen-bond acceptors (Lipinski definition) is 2. The average molecular weight is 241 g/mol. The van der Waals surface area contributed by atoms with Gasteiger partial charge in [-0.3, -0.25) is 4.98 Å². The van der Waals surface area contributed by atoms with Gasteiger partial charge in [-0.2, -0.15) is 0 Å². The van der Waals surface area contributed by atoms with Crippen molar-refractivity contribution >= 4 is 0 Å². The van der Waals surface area contributed by atoms with Gasteiger partial charge in [0, 0.05) is 24.6 Å². The molecule has 2 aromatic rings. The van der Waals surface area contributed by atoms with Crippen LogP contribution >= 0.6 is 0 Å². The Bertz CT molecular complexity index is 499. The van der Waals surface area contributed by atoms with E-state index < -0.39 is 0 Å². The summed E-state index contributed by atoms with van der Waals surface area (Å²) in [6, 6.07) is 8.80. The van der Waals surface area contributed by atoms with E-state index in [1.165, 1.54) is 18.4 Å². The van der Waals surface area contributed by atoms with Gasteiger partial charge < -0.3 is 9.88 Å². The quantitative estimate of drug-likeness (QED) is 0.872. The van der Waals surface area contributed by atoms with Gasteiger partial charge in [-0.15, -0.1) is 0 Å².